The first-order valence-corrected chi connectivity index (χ1v) is 5.34. The van der Waals surface area contributed by atoms with Gasteiger partial charge in [-0.2, -0.15) is 0 Å². The number of nitro groups is 1. The van der Waals surface area contributed by atoms with Crippen molar-refractivity contribution in [2.24, 2.45) is 0 Å². The van der Waals surface area contributed by atoms with Crippen LogP contribution >= 0.6 is 23.2 Å². The monoisotopic (exact) mass is 258 g/mol. The molecule has 0 saturated carbocycles. The van der Waals surface area contributed by atoms with E-state index in [-0.39, 0.29) is 16.5 Å². The number of hydrogen-bond donors (Lipinski definition) is 0. The van der Waals surface area contributed by atoms with Crippen molar-refractivity contribution in [2.45, 2.75) is 13.3 Å². The van der Waals surface area contributed by atoms with E-state index in [0.29, 0.717) is 17.9 Å². The molecule has 0 aromatic carbocycles. The molecule has 0 spiro atoms. The maximum Gasteiger partial charge on any atom is 0.291 e. The standard InChI is InChI=1S/C10H8Cl2N2O2/c1-7-9(14(15)16)6-8(10(12)13-7)4-2-3-5-11/h6H,3,5H2,1H3. The van der Waals surface area contributed by atoms with Crippen LogP contribution in [-0.2, 0) is 0 Å². The molecule has 0 aliphatic heterocycles. The average Bonchev–Trinajstić information content (AvgIpc) is 2.21. The van der Waals surface area contributed by atoms with Crippen LogP contribution in [0, 0.1) is 28.9 Å². The van der Waals surface area contributed by atoms with E-state index in [0.717, 1.165) is 0 Å². The fraction of sp³-hybridized carbons (Fsp3) is 0.300. The van der Waals surface area contributed by atoms with E-state index in [2.05, 4.69) is 16.8 Å². The molecule has 1 rings (SSSR count). The van der Waals surface area contributed by atoms with Gasteiger partial charge in [0, 0.05) is 18.4 Å². The van der Waals surface area contributed by atoms with Crippen molar-refractivity contribution in [1.82, 2.24) is 4.98 Å². The number of halogens is 2. The van der Waals surface area contributed by atoms with Gasteiger partial charge in [0.05, 0.1) is 10.5 Å². The lowest BCUT2D eigenvalue weighted by atomic mass is 10.2. The maximum absolute atomic E-state index is 10.7. The van der Waals surface area contributed by atoms with Gasteiger partial charge in [0.2, 0.25) is 0 Å². The Kier molecular flexibility index (Phi) is 4.53. The predicted molar refractivity (Wildman–Crippen MR) is 62.9 cm³/mol. The fourth-order valence-electron chi connectivity index (χ4n) is 1.04. The minimum atomic E-state index is -0.509. The predicted octanol–water partition coefficient (Wildman–Crippen LogP) is 2.93. The summed E-state index contributed by atoms with van der Waals surface area (Å²) in [4.78, 5) is 14.0. The third-order valence-corrected chi connectivity index (χ3v) is 2.26. The molecule has 1 heterocycles. The highest BCUT2D eigenvalue weighted by molar-refractivity contribution is 6.30. The van der Waals surface area contributed by atoms with Gasteiger partial charge in [-0.3, -0.25) is 10.1 Å². The van der Waals surface area contributed by atoms with Crippen molar-refractivity contribution in [1.29, 1.82) is 0 Å². The molecule has 4 nitrogen and oxygen atoms in total. The molecule has 0 bridgehead atoms. The molecule has 0 unspecified atom stereocenters. The summed E-state index contributed by atoms with van der Waals surface area (Å²) < 4.78 is 0. The Morgan fingerprint density at radius 2 is 2.31 bits per heavy atom. The van der Waals surface area contributed by atoms with Crippen molar-refractivity contribution in [3.63, 3.8) is 0 Å². The second kappa shape index (κ2) is 5.69. The fourth-order valence-corrected chi connectivity index (χ4v) is 1.37. The summed E-state index contributed by atoms with van der Waals surface area (Å²) in [5.41, 5.74) is 0.543. The van der Waals surface area contributed by atoms with Crippen LogP contribution in [-0.4, -0.2) is 15.8 Å². The molecule has 0 fully saturated rings. The van der Waals surface area contributed by atoms with Crippen LogP contribution in [0.4, 0.5) is 5.69 Å². The van der Waals surface area contributed by atoms with E-state index in [1.54, 1.807) is 0 Å². The molecular weight excluding hydrogens is 251 g/mol. The highest BCUT2D eigenvalue weighted by Crippen LogP contribution is 2.22. The zero-order chi connectivity index (χ0) is 12.1. The van der Waals surface area contributed by atoms with E-state index in [1.807, 2.05) is 0 Å². The molecule has 16 heavy (non-hydrogen) atoms. The topological polar surface area (TPSA) is 56.0 Å². The third kappa shape index (κ3) is 3.09. The van der Waals surface area contributed by atoms with Crippen LogP contribution in [0.1, 0.15) is 17.7 Å². The van der Waals surface area contributed by atoms with E-state index in [1.165, 1.54) is 13.0 Å². The van der Waals surface area contributed by atoms with Gasteiger partial charge < -0.3 is 0 Å². The minimum Gasteiger partial charge on any atom is -0.258 e. The Morgan fingerprint density at radius 3 is 2.88 bits per heavy atom. The zero-order valence-electron chi connectivity index (χ0n) is 8.46. The summed E-state index contributed by atoms with van der Waals surface area (Å²) in [6.45, 7) is 1.53. The first-order chi connectivity index (χ1) is 7.56. The van der Waals surface area contributed by atoms with Gasteiger partial charge in [0.25, 0.3) is 5.69 Å². The zero-order valence-corrected chi connectivity index (χ0v) is 9.97. The number of aromatic nitrogens is 1. The number of hydrogen-bond acceptors (Lipinski definition) is 3. The Morgan fingerprint density at radius 1 is 1.62 bits per heavy atom. The molecule has 0 saturated heterocycles. The van der Waals surface area contributed by atoms with Gasteiger partial charge in [0.1, 0.15) is 10.8 Å². The minimum absolute atomic E-state index is 0.0837. The lowest BCUT2D eigenvalue weighted by Crippen LogP contribution is -1.96. The smallest absolute Gasteiger partial charge is 0.258 e. The Bertz CT molecular complexity index is 478. The molecule has 84 valence electrons. The highest BCUT2D eigenvalue weighted by atomic mass is 35.5. The van der Waals surface area contributed by atoms with Gasteiger partial charge in [-0.25, -0.2) is 4.98 Å². The SMILES string of the molecule is Cc1nc(Cl)c(C#CCCCl)cc1[N+](=O)[O-]. The van der Waals surface area contributed by atoms with Crippen LogP contribution in [0.3, 0.4) is 0 Å². The van der Waals surface area contributed by atoms with E-state index in [4.69, 9.17) is 23.2 Å². The van der Waals surface area contributed by atoms with Crippen LogP contribution < -0.4 is 0 Å². The summed E-state index contributed by atoms with van der Waals surface area (Å²) in [6.07, 6.45) is 0.500. The average molecular weight is 259 g/mol. The second-order valence-corrected chi connectivity index (χ2v) is 3.67. The molecule has 1 aromatic rings. The quantitative estimate of drug-likeness (QED) is 0.270. The summed E-state index contributed by atoms with van der Waals surface area (Å²) >= 11 is 11.3. The van der Waals surface area contributed by atoms with Crippen molar-refractivity contribution in [3.8, 4) is 11.8 Å². The molecule has 6 heteroatoms. The van der Waals surface area contributed by atoms with Crippen LogP contribution in [0.2, 0.25) is 5.15 Å². The van der Waals surface area contributed by atoms with Gasteiger partial charge in [0.15, 0.2) is 0 Å². The lowest BCUT2D eigenvalue weighted by Gasteiger charge is -1.99. The summed E-state index contributed by atoms with van der Waals surface area (Å²) in [5, 5.41) is 10.8. The van der Waals surface area contributed by atoms with Crippen molar-refractivity contribution < 1.29 is 4.92 Å². The first-order valence-electron chi connectivity index (χ1n) is 4.42. The Balaban J connectivity index is 3.16. The molecule has 0 radical (unpaired) electrons. The molecule has 0 N–H and O–H groups in total. The lowest BCUT2D eigenvalue weighted by molar-refractivity contribution is -0.385. The molecule has 0 amide bonds. The van der Waals surface area contributed by atoms with Crippen LogP contribution in [0.15, 0.2) is 6.07 Å². The second-order valence-electron chi connectivity index (χ2n) is 2.93. The third-order valence-electron chi connectivity index (χ3n) is 1.78. The van der Waals surface area contributed by atoms with Gasteiger partial charge >= 0.3 is 0 Å². The highest BCUT2D eigenvalue weighted by Gasteiger charge is 2.14. The summed E-state index contributed by atoms with van der Waals surface area (Å²) in [5.74, 6) is 5.86. The largest absolute Gasteiger partial charge is 0.291 e. The summed E-state index contributed by atoms with van der Waals surface area (Å²) in [7, 11) is 0. The normalized spacial score (nSPS) is 9.44. The summed E-state index contributed by atoms with van der Waals surface area (Å²) in [6, 6.07) is 1.33. The van der Waals surface area contributed by atoms with Crippen LogP contribution in [0.5, 0.6) is 0 Å². The maximum atomic E-state index is 10.7. The molecule has 0 aliphatic carbocycles. The molecular formula is C10H8Cl2N2O2. The van der Waals surface area contributed by atoms with Gasteiger partial charge in [-0.05, 0) is 6.92 Å². The first kappa shape index (κ1) is 12.8. The van der Waals surface area contributed by atoms with Crippen LogP contribution in [0.25, 0.3) is 0 Å². The van der Waals surface area contributed by atoms with E-state index < -0.39 is 4.92 Å². The number of pyridine rings is 1. The van der Waals surface area contributed by atoms with Crippen molar-refractivity contribution in [2.75, 3.05) is 5.88 Å². The van der Waals surface area contributed by atoms with Crippen molar-refractivity contribution in [3.05, 3.63) is 32.6 Å². The van der Waals surface area contributed by atoms with Gasteiger partial charge in [-0.1, -0.05) is 23.4 Å². The Labute approximate surface area is 103 Å². The van der Waals surface area contributed by atoms with E-state index in [9.17, 15) is 10.1 Å². The van der Waals surface area contributed by atoms with Crippen molar-refractivity contribution >= 4 is 28.9 Å². The molecule has 0 aliphatic rings. The molecule has 0 atom stereocenters. The number of aryl methyl sites for hydroxylation is 1. The van der Waals surface area contributed by atoms with Gasteiger partial charge in [-0.15, -0.1) is 11.6 Å². The number of nitrogens with zero attached hydrogens (tertiary/aromatic N) is 2. The number of rotatable bonds is 2. The Hall–Kier alpha value is -1.31. The number of alkyl halides is 1. The molecule has 1 aromatic heterocycles. The van der Waals surface area contributed by atoms with E-state index >= 15 is 0 Å².